The third kappa shape index (κ3) is 5.79. The molecule has 2 saturated heterocycles. The summed E-state index contributed by atoms with van der Waals surface area (Å²) in [4.78, 5) is 34.0. The Morgan fingerprint density at radius 3 is 2.55 bits per heavy atom. The van der Waals surface area contributed by atoms with Crippen molar-refractivity contribution in [2.45, 2.75) is 58.7 Å². The fourth-order valence-electron chi connectivity index (χ4n) is 5.07. The predicted molar refractivity (Wildman–Crippen MR) is 130 cm³/mol. The largest absolute Gasteiger partial charge is 0.444 e. The van der Waals surface area contributed by atoms with Crippen LogP contribution >= 0.6 is 0 Å². The van der Waals surface area contributed by atoms with Crippen molar-refractivity contribution in [2.24, 2.45) is 13.0 Å². The van der Waals surface area contributed by atoms with Crippen LogP contribution < -0.4 is 5.69 Å². The predicted octanol–water partition coefficient (Wildman–Crippen LogP) is 3.02. The van der Waals surface area contributed by atoms with E-state index in [9.17, 15) is 9.59 Å². The average molecular weight is 458 g/mol. The number of ether oxygens (including phenoxy) is 1. The van der Waals surface area contributed by atoms with E-state index in [1.54, 1.807) is 4.57 Å². The molecular weight excluding hydrogens is 418 g/mol. The number of nitrogens with one attached hydrogen (secondary N) is 1. The first-order valence-electron chi connectivity index (χ1n) is 12.2. The molecule has 1 N–H and O–H groups in total. The highest BCUT2D eigenvalue weighted by Crippen LogP contribution is 2.23. The van der Waals surface area contributed by atoms with Gasteiger partial charge in [0, 0.05) is 58.9 Å². The van der Waals surface area contributed by atoms with E-state index < -0.39 is 5.60 Å². The molecule has 4 rings (SSSR count). The number of rotatable bonds is 4. The molecule has 8 heteroatoms. The third-order valence-corrected chi connectivity index (χ3v) is 6.98. The first-order valence-corrected chi connectivity index (χ1v) is 12.2. The van der Waals surface area contributed by atoms with Gasteiger partial charge in [-0.25, -0.2) is 9.59 Å². The molecule has 2 fully saturated rings. The van der Waals surface area contributed by atoms with Crippen LogP contribution in [0.2, 0.25) is 0 Å². The Balaban J connectivity index is 1.25. The standard InChI is InChI=1S/C25H39N5O3/c1-18-15-28(16-20-6-7-21-22(14-20)27(5)23(31)26-21)12-13-30(18)17-19-8-10-29(11-9-19)24(32)33-25(2,3)4/h6-7,14,18-19H,8-13,15-17H2,1-5H3,(H,26,31)/t18-/m0/s1. The van der Waals surface area contributed by atoms with Crippen molar-refractivity contribution in [3.63, 3.8) is 0 Å². The van der Waals surface area contributed by atoms with E-state index in [-0.39, 0.29) is 11.8 Å². The van der Waals surface area contributed by atoms with Gasteiger partial charge in [0.2, 0.25) is 0 Å². The zero-order chi connectivity index (χ0) is 23.8. The molecule has 1 aromatic carbocycles. The molecule has 8 nitrogen and oxygen atoms in total. The quantitative estimate of drug-likeness (QED) is 0.764. The van der Waals surface area contributed by atoms with E-state index in [2.05, 4.69) is 33.8 Å². The van der Waals surface area contributed by atoms with Crippen LogP contribution in [0, 0.1) is 5.92 Å². The summed E-state index contributed by atoms with van der Waals surface area (Å²) in [6.07, 6.45) is 1.91. The summed E-state index contributed by atoms with van der Waals surface area (Å²) in [5.74, 6) is 0.634. The van der Waals surface area contributed by atoms with Crippen LogP contribution in [-0.2, 0) is 18.3 Å². The number of hydrogen-bond acceptors (Lipinski definition) is 5. The number of nitrogens with zero attached hydrogens (tertiary/aromatic N) is 4. The van der Waals surface area contributed by atoms with Gasteiger partial charge in [0.15, 0.2) is 0 Å². The first kappa shape index (κ1) is 23.8. The summed E-state index contributed by atoms with van der Waals surface area (Å²) in [6, 6.07) is 6.76. The Kier molecular flexibility index (Phi) is 6.86. The van der Waals surface area contributed by atoms with Crippen LogP contribution in [0.1, 0.15) is 46.1 Å². The monoisotopic (exact) mass is 457 g/mol. The minimum atomic E-state index is -0.437. The lowest BCUT2D eigenvalue weighted by Crippen LogP contribution is -2.53. The molecule has 182 valence electrons. The molecule has 2 aromatic rings. The average Bonchev–Trinajstić information content (AvgIpc) is 3.03. The number of fused-ring (bicyclic) bond motifs is 1. The van der Waals surface area contributed by atoms with Crippen molar-refractivity contribution in [2.75, 3.05) is 39.3 Å². The molecular formula is C25H39N5O3. The maximum absolute atomic E-state index is 12.3. The first-order chi connectivity index (χ1) is 15.6. The van der Waals surface area contributed by atoms with E-state index in [0.29, 0.717) is 12.0 Å². The van der Waals surface area contributed by atoms with Gasteiger partial charge in [0.1, 0.15) is 5.60 Å². The van der Waals surface area contributed by atoms with Gasteiger partial charge >= 0.3 is 11.8 Å². The number of hydrogen-bond donors (Lipinski definition) is 1. The Bertz CT molecular complexity index is 1030. The second kappa shape index (κ2) is 9.50. The number of likely N-dealkylation sites (tertiary alicyclic amines) is 1. The van der Waals surface area contributed by atoms with Gasteiger partial charge in [-0.1, -0.05) is 6.07 Å². The third-order valence-electron chi connectivity index (χ3n) is 6.98. The van der Waals surface area contributed by atoms with Crippen molar-refractivity contribution in [3.8, 4) is 0 Å². The molecule has 0 spiro atoms. The molecule has 0 unspecified atom stereocenters. The van der Waals surface area contributed by atoms with Crippen LogP contribution in [0.3, 0.4) is 0 Å². The van der Waals surface area contributed by atoms with Crippen molar-refractivity contribution in [1.29, 1.82) is 0 Å². The molecule has 1 atom stereocenters. The number of H-pyrrole nitrogens is 1. The Labute approximate surface area is 196 Å². The second-order valence-electron chi connectivity index (χ2n) is 10.8. The highest BCUT2D eigenvalue weighted by atomic mass is 16.6. The van der Waals surface area contributed by atoms with Gasteiger partial charge in [-0.2, -0.15) is 0 Å². The molecule has 1 aromatic heterocycles. The molecule has 2 aliphatic rings. The number of benzene rings is 1. The SMILES string of the molecule is C[C@H]1CN(Cc2ccc3[nH]c(=O)n(C)c3c2)CCN1CC1CCN(C(=O)OC(C)(C)C)CC1. The molecule has 2 aliphatic heterocycles. The van der Waals surface area contributed by atoms with E-state index >= 15 is 0 Å². The number of aromatic amines is 1. The van der Waals surface area contributed by atoms with E-state index in [0.717, 1.165) is 69.7 Å². The molecule has 0 radical (unpaired) electrons. The number of carbonyl (C=O) groups is 1. The van der Waals surface area contributed by atoms with Gasteiger partial charge in [0.05, 0.1) is 11.0 Å². The topological polar surface area (TPSA) is 73.8 Å². The zero-order valence-corrected chi connectivity index (χ0v) is 20.8. The fourth-order valence-corrected chi connectivity index (χ4v) is 5.07. The Hall–Kier alpha value is -2.32. The second-order valence-corrected chi connectivity index (χ2v) is 10.8. The van der Waals surface area contributed by atoms with Crippen LogP contribution in [0.4, 0.5) is 4.79 Å². The van der Waals surface area contributed by atoms with Gasteiger partial charge in [-0.3, -0.25) is 14.4 Å². The number of piperazine rings is 1. The van der Waals surface area contributed by atoms with E-state index in [4.69, 9.17) is 4.74 Å². The molecule has 3 heterocycles. The van der Waals surface area contributed by atoms with Gasteiger partial charge in [-0.15, -0.1) is 0 Å². The lowest BCUT2D eigenvalue weighted by Gasteiger charge is -2.42. The van der Waals surface area contributed by atoms with E-state index in [1.807, 2.05) is 38.8 Å². The fraction of sp³-hybridized carbons (Fsp3) is 0.680. The Morgan fingerprint density at radius 2 is 1.88 bits per heavy atom. The van der Waals surface area contributed by atoms with Crippen LogP contribution in [-0.4, -0.2) is 81.3 Å². The van der Waals surface area contributed by atoms with Crippen molar-refractivity contribution < 1.29 is 9.53 Å². The number of aryl methyl sites for hydroxylation is 1. The maximum atomic E-state index is 12.3. The summed E-state index contributed by atoms with van der Waals surface area (Å²) in [7, 11) is 1.81. The summed E-state index contributed by atoms with van der Waals surface area (Å²) in [6.45, 7) is 14.8. The number of piperidine rings is 1. The van der Waals surface area contributed by atoms with Crippen LogP contribution in [0.15, 0.2) is 23.0 Å². The number of carbonyl (C=O) groups excluding carboxylic acids is 1. The Morgan fingerprint density at radius 1 is 1.15 bits per heavy atom. The van der Waals surface area contributed by atoms with Gasteiger partial charge < -0.3 is 14.6 Å². The normalized spacial score (nSPS) is 21.6. The molecule has 33 heavy (non-hydrogen) atoms. The molecule has 0 bridgehead atoms. The number of aromatic nitrogens is 2. The zero-order valence-electron chi connectivity index (χ0n) is 20.8. The van der Waals surface area contributed by atoms with E-state index in [1.165, 1.54) is 5.56 Å². The number of imidazole rings is 1. The lowest BCUT2D eigenvalue weighted by atomic mass is 9.95. The molecule has 1 amide bonds. The van der Waals surface area contributed by atoms with Crippen molar-refractivity contribution in [3.05, 3.63) is 34.2 Å². The minimum Gasteiger partial charge on any atom is -0.444 e. The summed E-state index contributed by atoms with van der Waals surface area (Å²) in [5, 5.41) is 0. The summed E-state index contributed by atoms with van der Waals surface area (Å²) < 4.78 is 7.20. The van der Waals surface area contributed by atoms with Gasteiger partial charge in [-0.05, 0) is 64.2 Å². The lowest BCUT2D eigenvalue weighted by molar-refractivity contribution is 0.0133. The highest BCUT2D eigenvalue weighted by Gasteiger charge is 2.30. The van der Waals surface area contributed by atoms with Crippen LogP contribution in [0.25, 0.3) is 11.0 Å². The van der Waals surface area contributed by atoms with Crippen LogP contribution in [0.5, 0.6) is 0 Å². The smallest absolute Gasteiger partial charge is 0.410 e. The molecule has 0 saturated carbocycles. The highest BCUT2D eigenvalue weighted by molar-refractivity contribution is 5.75. The maximum Gasteiger partial charge on any atom is 0.410 e. The summed E-state index contributed by atoms with van der Waals surface area (Å²) >= 11 is 0. The minimum absolute atomic E-state index is 0.0682. The van der Waals surface area contributed by atoms with Crippen molar-refractivity contribution >= 4 is 17.1 Å². The molecule has 0 aliphatic carbocycles. The van der Waals surface area contributed by atoms with Crippen molar-refractivity contribution in [1.82, 2.24) is 24.3 Å². The summed E-state index contributed by atoms with van der Waals surface area (Å²) in [5.41, 5.74) is 2.59. The van der Waals surface area contributed by atoms with Gasteiger partial charge in [0.25, 0.3) is 0 Å². The number of amides is 1.